The first-order valence-electron chi connectivity index (χ1n) is 3.87. The fourth-order valence-electron chi connectivity index (χ4n) is 0.811. The molecular weight excluding hydrogens is 206 g/mol. The summed E-state index contributed by atoms with van der Waals surface area (Å²) in [4.78, 5) is 0. The average Bonchev–Trinajstić information content (AvgIpc) is 2.03. The van der Waals surface area contributed by atoms with Gasteiger partial charge in [0.25, 0.3) is 0 Å². The van der Waals surface area contributed by atoms with E-state index in [-0.39, 0.29) is 0 Å². The Morgan fingerprint density at radius 3 is 1.93 bits per heavy atom. The summed E-state index contributed by atoms with van der Waals surface area (Å²) in [5.41, 5.74) is 6.68. The Hall–Kier alpha value is -0.950. The van der Waals surface area contributed by atoms with Crippen molar-refractivity contribution in [2.24, 2.45) is 5.73 Å². The standard InChI is InChI=1S/C8H11N.H2O4S/c9-7-6-8-4-2-1-3-5-8;1-5(2,3)4/h1-5H,6-7,9H2;(H2,1,2,3,4). The van der Waals surface area contributed by atoms with Crippen LogP contribution in [0.25, 0.3) is 0 Å². The first-order valence-corrected chi connectivity index (χ1v) is 5.27. The van der Waals surface area contributed by atoms with Gasteiger partial charge < -0.3 is 5.73 Å². The molecule has 0 heterocycles. The van der Waals surface area contributed by atoms with Crippen molar-refractivity contribution in [2.75, 3.05) is 6.54 Å². The van der Waals surface area contributed by atoms with E-state index in [9.17, 15) is 0 Å². The van der Waals surface area contributed by atoms with Gasteiger partial charge in [-0.15, -0.1) is 0 Å². The molecule has 0 saturated heterocycles. The van der Waals surface area contributed by atoms with Crippen LogP contribution in [0.4, 0.5) is 0 Å². The van der Waals surface area contributed by atoms with Gasteiger partial charge in [0.15, 0.2) is 0 Å². The maximum absolute atomic E-state index is 8.74. The molecule has 5 nitrogen and oxygen atoms in total. The topological polar surface area (TPSA) is 101 Å². The highest BCUT2D eigenvalue weighted by Crippen LogP contribution is 1.96. The molecular formula is C8H13NO4S. The number of hydrogen-bond acceptors (Lipinski definition) is 3. The minimum absolute atomic E-state index is 0.740. The van der Waals surface area contributed by atoms with E-state index >= 15 is 0 Å². The highest BCUT2D eigenvalue weighted by Gasteiger charge is 1.85. The lowest BCUT2D eigenvalue weighted by Gasteiger charge is -1.93. The van der Waals surface area contributed by atoms with Crippen LogP contribution >= 0.6 is 0 Å². The van der Waals surface area contributed by atoms with Crippen LogP contribution in [0.15, 0.2) is 30.3 Å². The molecule has 6 heteroatoms. The van der Waals surface area contributed by atoms with Crippen LogP contribution in [0, 0.1) is 0 Å². The van der Waals surface area contributed by atoms with Crippen LogP contribution in [0.1, 0.15) is 5.56 Å². The van der Waals surface area contributed by atoms with Crippen LogP contribution in [0.3, 0.4) is 0 Å². The maximum atomic E-state index is 8.74. The molecule has 0 spiro atoms. The van der Waals surface area contributed by atoms with E-state index in [0.29, 0.717) is 0 Å². The Morgan fingerprint density at radius 1 is 1.14 bits per heavy atom. The summed E-state index contributed by atoms with van der Waals surface area (Å²) >= 11 is 0. The fraction of sp³-hybridized carbons (Fsp3) is 0.250. The van der Waals surface area contributed by atoms with E-state index in [0.717, 1.165) is 13.0 Å². The lowest BCUT2D eigenvalue weighted by Crippen LogP contribution is -2.01. The summed E-state index contributed by atoms with van der Waals surface area (Å²) in [5.74, 6) is 0. The van der Waals surface area contributed by atoms with Crippen molar-refractivity contribution in [2.45, 2.75) is 6.42 Å². The molecule has 0 fully saturated rings. The molecule has 0 atom stereocenters. The van der Waals surface area contributed by atoms with Crippen molar-refractivity contribution in [1.82, 2.24) is 0 Å². The third-order valence-electron chi connectivity index (χ3n) is 1.28. The largest absolute Gasteiger partial charge is 0.394 e. The smallest absolute Gasteiger partial charge is 0.330 e. The van der Waals surface area contributed by atoms with Gasteiger partial charge in [-0.2, -0.15) is 8.42 Å². The molecule has 0 aliphatic carbocycles. The quantitative estimate of drug-likeness (QED) is 0.630. The van der Waals surface area contributed by atoms with Crippen LogP contribution < -0.4 is 5.73 Å². The van der Waals surface area contributed by atoms with Gasteiger partial charge in [0.2, 0.25) is 0 Å². The maximum Gasteiger partial charge on any atom is 0.394 e. The predicted molar refractivity (Wildman–Crippen MR) is 53.4 cm³/mol. The van der Waals surface area contributed by atoms with Crippen molar-refractivity contribution in [1.29, 1.82) is 0 Å². The lowest BCUT2D eigenvalue weighted by atomic mass is 10.2. The second kappa shape index (κ2) is 6.50. The Bertz CT molecular complexity index is 328. The fourth-order valence-corrected chi connectivity index (χ4v) is 0.811. The highest BCUT2D eigenvalue weighted by atomic mass is 32.3. The van der Waals surface area contributed by atoms with E-state index < -0.39 is 10.4 Å². The van der Waals surface area contributed by atoms with E-state index in [4.69, 9.17) is 23.3 Å². The zero-order chi connectivity index (χ0) is 11.0. The molecule has 0 radical (unpaired) electrons. The van der Waals surface area contributed by atoms with Gasteiger partial charge in [0.05, 0.1) is 0 Å². The number of hydrogen-bond donors (Lipinski definition) is 3. The lowest BCUT2D eigenvalue weighted by molar-refractivity contribution is 0.381. The molecule has 4 N–H and O–H groups in total. The number of nitrogens with two attached hydrogens (primary N) is 1. The summed E-state index contributed by atoms with van der Waals surface area (Å²) in [6, 6.07) is 10.3. The van der Waals surface area contributed by atoms with Gasteiger partial charge >= 0.3 is 10.4 Å². The van der Waals surface area contributed by atoms with Gasteiger partial charge in [-0.1, -0.05) is 30.3 Å². The Labute approximate surface area is 83.1 Å². The Balaban J connectivity index is 0.000000292. The zero-order valence-corrected chi connectivity index (χ0v) is 8.31. The van der Waals surface area contributed by atoms with E-state index in [1.807, 2.05) is 18.2 Å². The normalized spacial score (nSPS) is 10.2. The Kier molecular flexibility index (Phi) is 6.06. The van der Waals surface area contributed by atoms with Gasteiger partial charge in [-0.05, 0) is 18.5 Å². The molecule has 0 aliphatic rings. The third-order valence-corrected chi connectivity index (χ3v) is 1.28. The van der Waals surface area contributed by atoms with Crippen molar-refractivity contribution in [3.05, 3.63) is 35.9 Å². The second-order valence-corrected chi connectivity index (χ2v) is 3.37. The first kappa shape index (κ1) is 13.1. The number of rotatable bonds is 2. The first-order chi connectivity index (χ1) is 6.43. The summed E-state index contributed by atoms with van der Waals surface area (Å²) in [5, 5.41) is 0. The van der Waals surface area contributed by atoms with Crippen LogP contribution in [-0.2, 0) is 16.8 Å². The Morgan fingerprint density at radius 2 is 1.57 bits per heavy atom. The zero-order valence-electron chi connectivity index (χ0n) is 7.50. The van der Waals surface area contributed by atoms with Gasteiger partial charge in [0, 0.05) is 0 Å². The molecule has 0 saturated carbocycles. The number of benzene rings is 1. The monoisotopic (exact) mass is 219 g/mol. The molecule has 1 aromatic carbocycles. The average molecular weight is 219 g/mol. The van der Waals surface area contributed by atoms with E-state index in [1.165, 1.54) is 5.56 Å². The molecule has 0 unspecified atom stereocenters. The van der Waals surface area contributed by atoms with Crippen LogP contribution in [0.2, 0.25) is 0 Å². The molecule has 14 heavy (non-hydrogen) atoms. The summed E-state index contributed by atoms with van der Waals surface area (Å²) < 4.78 is 31.6. The SMILES string of the molecule is NCCc1ccccc1.O=S(=O)(O)O. The van der Waals surface area contributed by atoms with Gasteiger partial charge in [0.1, 0.15) is 0 Å². The predicted octanol–water partition coefficient (Wildman–Crippen LogP) is 0.535. The minimum atomic E-state index is -4.67. The summed E-state index contributed by atoms with van der Waals surface area (Å²) in [6.07, 6.45) is 0.987. The van der Waals surface area contributed by atoms with Crippen molar-refractivity contribution < 1.29 is 17.5 Å². The summed E-state index contributed by atoms with van der Waals surface area (Å²) in [7, 11) is -4.67. The van der Waals surface area contributed by atoms with Gasteiger partial charge in [-0.3, -0.25) is 9.11 Å². The van der Waals surface area contributed by atoms with Crippen molar-refractivity contribution in [3.8, 4) is 0 Å². The molecule has 0 aromatic heterocycles. The van der Waals surface area contributed by atoms with Gasteiger partial charge in [-0.25, -0.2) is 0 Å². The third kappa shape index (κ3) is 11.1. The van der Waals surface area contributed by atoms with Crippen molar-refractivity contribution in [3.63, 3.8) is 0 Å². The molecule has 1 aromatic rings. The van der Waals surface area contributed by atoms with Crippen LogP contribution in [-0.4, -0.2) is 24.1 Å². The highest BCUT2D eigenvalue weighted by molar-refractivity contribution is 7.79. The minimum Gasteiger partial charge on any atom is -0.330 e. The van der Waals surface area contributed by atoms with E-state index in [2.05, 4.69) is 12.1 Å². The molecule has 1 rings (SSSR count). The molecule has 0 aliphatic heterocycles. The van der Waals surface area contributed by atoms with E-state index in [1.54, 1.807) is 0 Å². The summed E-state index contributed by atoms with van der Waals surface area (Å²) in [6.45, 7) is 0.740. The molecule has 0 amide bonds. The molecule has 0 bridgehead atoms. The molecule has 80 valence electrons. The van der Waals surface area contributed by atoms with Crippen molar-refractivity contribution >= 4 is 10.4 Å². The van der Waals surface area contributed by atoms with Crippen LogP contribution in [0.5, 0.6) is 0 Å². The second-order valence-electron chi connectivity index (χ2n) is 2.47.